The number of benzene rings is 2. The number of nitrogens with zero attached hydrogens (tertiary/aromatic N) is 1. The Morgan fingerprint density at radius 2 is 1.86 bits per heavy atom. The van der Waals surface area contributed by atoms with Gasteiger partial charge in [-0.2, -0.15) is 0 Å². The van der Waals surface area contributed by atoms with Gasteiger partial charge in [-0.25, -0.2) is 14.5 Å². The van der Waals surface area contributed by atoms with E-state index < -0.39 is 30.4 Å². The molecule has 1 aliphatic rings. The molecule has 0 radical (unpaired) electrons. The molecule has 28 heavy (non-hydrogen) atoms. The smallest absolute Gasteiger partial charge is 0.341 e. The van der Waals surface area contributed by atoms with Crippen LogP contribution < -0.4 is 15.0 Å². The van der Waals surface area contributed by atoms with Gasteiger partial charge in [0.1, 0.15) is 11.3 Å². The zero-order chi connectivity index (χ0) is 20.3. The second-order valence-corrected chi connectivity index (χ2v) is 6.60. The molecule has 0 aliphatic carbocycles. The number of hydrogen-bond acceptors (Lipinski definition) is 5. The van der Waals surface area contributed by atoms with Gasteiger partial charge in [-0.3, -0.25) is 14.9 Å². The summed E-state index contributed by atoms with van der Waals surface area (Å²) in [5, 5.41) is 10.8. The van der Waals surface area contributed by atoms with Crippen LogP contribution in [0.4, 0.5) is 10.5 Å². The maximum Gasteiger partial charge on any atom is 0.341 e. The second-order valence-electron chi connectivity index (χ2n) is 5.69. The fourth-order valence-corrected chi connectivity index (χ4v) is 2.87. The third kappa shape index (κ3) is 4.26. The van der Waals surface area contributed by atoms with Crippen molar-refractivity contribution in [2.75, 3.05) is 11.5 Å². The van der Waals surface area contributed by atoms with E-state index in [4.69, 9.17) is 9.84 Å². The molecular formula is C19H13BrN2O6. The van der Waals surface area contributed by atoms with Crippen molar-refractivity contribution in [2.24, 2.45) is 0 Å². The van der Waals surface area contributed by atoms with Crippen molar-refractivity contribution in [2.45, 2.75) is 0 Å². The number of aliphatic carboxylic acids is 1. The minimum Gasteiger partial charge on any atom is -0.482 e. The van der Waals surface area contributed by atoms with Crippen molar-refractivity contribution in [3.05, 3.63) is 64.1 Å². The monoisotopic (exact) mass is 444 g/mol. The zero-order valence-corrected chi connectivity index (χ0v) is 15.8. The van der Waals surface area contributed by atoms with Gasteiger partial charge in [-0.05, 0) is 42.0 Å². The Bertz CT molecular complexity index is 1000. The van der Waals surface area contributed by atoms with Crippen molar-refractivity contribution in [3.8, 4) is 5.75 Å². The Hall–Kier alpha value is -3.46. The predicted octanol–water partition coefficient (Wildman–Crippen LogP) is 2.58. The molecule has 1 fully saturated rings. The lowest BCUT2D eigenvalue weighted by Crippen LogP contribution is -2.54. The third-order valence-corrected chi connectivity index (χ3v) is 4.21. The van der Waals surface area contributed by atoms with Crippen LogP contribution in [0, 0.1) is 0 Å². The van der Waals surface area contributed by atoms with Gasteiger partial charge in [-0.15, -0.1) is 0 Å². The molecule has 2 aromatic rings. The van der Waals surface area contributed by atoms with Gasteiger partial charge in [0, 0.05) is 4.47 Å². The molecule has 0 saturated carbocycles. The number of amides is 4. The summed E-state index contributed by atoms with van der Waals surface area (Å²) < 4.78 is 5.70. The van der Waals surface area contributed by atoms with Crippen molar-refractivity contribution < 1.29 is 29.0 Å². The molecule has 8 nitrogen and oxygen atoms in total. The lowest BCUT2D eigenvalue weighted by molar-refractivity contribution is -0.139. The fraction of sp³-hybridized carbons (Fsp3) is 0.0526. The summed E-state index contributed by atoms with van der Waals surface area (Å²) in [7, 11) is 0. The first kappa shape index (κ1) is 19.3. The number of carbonyl (C=O) groups excluding carboxylic acids is 3. The number of carbonyl (C=O) groups is 4. The van der Waals surface area contributed by atoms with E-state index in [0.717, 1.165) is 4.90 Å². The van der Waals surface area contributed by atoms with Crippen LogP contribution in [0.25, 0.3) is 6.08 Å². The Labute approximate surface area is 167 Å². The van der Waals surface area contributed by atoms with Crippen molar-refractivity contribution in [3.63, 3.8) is 0 Å². The maximum absolute atomic E-state index is 12.8. The number of nitrogens with one attached hydrogen (secondary N) is 1. The highest BCUT2D eigenvalue weighted by atomic mass is 79.9. The van der Waals surface area contributed by atoms with Crippen LogP contribution in [0.1, 0.15) is 5.56 Å². The summed E-state index contributed by atoms with van der Waals surface area (Å²) in [6.07, 6.45) is 1.34. The van der Waals surface area contributed by atoms with Crippen LogP contribution in [0.3, 0.4) is 0 Å². The van der Waals surface area contributed by atoms with Crippen LogP contribution in [0.2, 0.25) is 0 Å². The van der Waals surface area contributed by atoms with E-state index in [2.05, 4.69) is 21.2 Å². The summed E-state index contributed by atoms with van der Waals surface area (Å²) in [6.45, 7) is -0.481. The van der Waals surface area contributed by atoms with Gasteiger partial charge >= 0.3 is 12.0 Å². The molecule has 3 rings (SSSR count). The molecule has 0 bridgehead atoms. The predicted molar refractivity (Wildman–Crippen MR) is 103 cm³/mol. The van der Waals surface area contributed by atoms with E-state index in [1.54, 1.807) is 36.4 Å². The molecule has 0 aromatic heterocycles. The zero-order valence-electron chi connectivity index (χ0n) is 14.2. The molecule has 4 amide bonds. The molecule has 0 spiro atoms. The number of hydrogen-bond donors (Lipinski definition) is 2. The molecule has 1 aliphatic heterocycles. The standard InChI is InChI=1S/C19H13BrN2O6/c20-12-2-1-3-13(9-12)22-18(26)15(17(25)21-19(22)27)8-11-4-6-14(7-5-11)28-10-16(23)24/h1-9H,10H2,(H,23,24)(H,21,25,27)/b15-8+. The summed E-state index contributed by atoms with van der Waals surface area (Å²) in [5.74, 6) is -2.33. The van der Waals surface area contributed by atoms with Crippen LogP contribution in [-0.2, 0) is 14.4 Å². The molecule has 9 heteroatoms. The average Bonchev–Trinajstić information content (AvgIpc) is 2.64. The van der Waals surface area contributed by atoms with Gasteiger partial charge in [0.2, 0.25) is 0 Å². The lowest BCUT2D eigenvalue weighted by atomic mass is 10.1. The maximum atomic E-state index is 12.8. The molecule has 2 N–H and O–H groups in total. The molecule has 142 valence electrons. The number of imide groups is 2. The highest BCUT2D eigenvalue weighted by Crippen LogP contribution is 2.25. The average molecular weight is 445 g/mol. The minimum absolute atomic E-state index is 0.209. The van der Waals surface area contributed by atoms with Gasteiger partial charge in [0.25, 0.3) is 11.8 Å². The Morgan fingerprint density at radius 3 is 2.50 bits per heavy atom. The molecule has 0 unspecified atom stereocenters. The summed E-state index contributed by atoms with van der Waals surface area (Å²) in [4.78, 5) is 48.5. The van der Waals surface area contributed by atoms with Crippen LogP contribution >= 0.6 is 15.9 Å². The highest BCUT2D eigenvalue weighted by Gasteiger charge is 2.36. The van der Waals surface area contributed by atoms with Crippen LogP contribution in [0.5, 0.6) is 5.75 Å². The van der Waals surface area contributed by atoms with E-state index >= 15 is 0 Å². The number of carboxylic acid groups (broad SMARTS) is 1. The first-order valence-electron chi connectivity index (χ1n) is 7.97. The quantitative estimate of drug-likeness (QED) is 0.541. The Kier molecular flexibility index (Phi) is 5.55. The number of urea groups is 1. The normalized spacial score (nSPS) is 15.5. The van der Waals surface area contributed by atoms with Gasteiger partial charge in [0.05, 0.1) is 5.69 Å². The molecule has 1 heterocycles. The SMILES string of the molecule is O=C(O)COc1ccc(/C=C2\C(=O)NC(=O)N(c3cccc(Br)c3)C2=O)cc1. The Morgan fingerprint density at radius 1 is 1.14 bits per heavy atom. The van der Waals surface area contributed by atoms with E-state index in [-0.39, 0.29) is 5.57 Å². The summed E-state index contributed by atoms with van der Waals surface area (Å²) in [6, 6.07) is 11.9. The topological polar surface area (TPSA) is 113 Å². The molecule has 0 atom stereocenters. The van der Waals surface area contributed by atoms with Gasteiger partial charge in [-0.1, -0.05) is 34.1 Å². The highest BCUT2D eigenvalue weighted by molar-refractivity contribution is 9.10. The van der Waals surface area contributed by atoms with Crippen molar-refractivity contribution >= 4 is 51.5 Å². The number of ether oxygens (including phenoxy) is 1. The number of barbiturate groups is 1. The van der Waals surface area contributed by atoms with E-state index in [0.29, 0.717) is 21.5 Å². The first-order chi connectivity index (χ1) is 13.3. The Balaban J connectivity index is 1.87. The van der Waals surface area contributed by atoms with E-state index in [1.165, 1.54) is 18.2 Å². The van der Waals surface area contributed by atoms with Crippen LogP contribution in [0.15, 0.2) is 58.6 Å². The fourth-order valence-electron chi connectivity index (χ4n) is 2.48. The summed E-state index contributed by atoms with van der Waals surface area (Å²) >= 11 is 3.28. The molecule has 2 aromatic carbocycles. The number of carboxylic acids is 1. The minimum atomic E-state index is -1.10. The summed E-state index contributed by atoms with van der Waals surface area (Å²) in [5.41, 5.74) is 0.608. The van der Waals surface area contributed by atoms with Gasteiger partial charge < -0.3 is 9.84 Å². The molecule has 1 saturated heterocycles. The van der Waals surface area contributed by atoms with Gasteiger partial charge in [0.15, 0.2) is 6.61 Å². The van der Waals surface area contributed by atoms with Crippen molar-refractivity contribution in [1.29, 1.82) is 0 Å². The number of anilines is 1. The second kappa shape index (κ2) is 8.05. The third-order valence-electron chi connectivity index (χ3n) is 3.72. The first-order valence-corrected chi connectivity index (χ1v) is 8.76. The molecular weight excluding hydrogens is 432 g/mol. The largest absolute Gasteiger partial charge is 0.482 e. The number of rotatable bonds is 5. The van der Waals surface area contributed by atoms with Crippen LogP contribution in [-0.4, -0.2) is 35.5 Å². The van der Waals surface area contributed by atoms with E-state index in [9.17, 15) is 19.2 Å². The van der Waals surface area contributed by atoms with Crippen molar-refractivity contribution in [1.82, 2.24) is 5.32 Å². The number of halogens is 1. The van der Waals surface area contributed by atoms with E-state index in [1.807, 2.05) is 0 Å². The lowest BCUT2D eigenvalue weighted by Gasteiger charge is -2.26.